The second-order valence-corrected chi connectivity index (χ2v) is 11.5. The molecule has 0 spiro atoms. The lowest BCUT2D eigenvalue weighted by Crippen LogP contribution is -2.51. The van der Waals surface area contributed by atoms with Gasteiger partial charge in [-0.3, -0.25) is 4.79 Å². The number of benzene rings is 2. The molecule has 0 radical (unpaired) electrons. The lowest BCUT2D eigenvalue weighted by Gasteiger charge is -2.55. The maximum Gasteiger partial charge on any atom is 0.232 e. The number of nitrogens with one attached hydrogen (secondary N) is 1. The second-order valence-electron chi connectivity index (χ2n) is 10.5. The van der Waals surface area contributed by atoms with Crippen molar-refractivity contribution in [2.24, 2.45) is 23.2 Å². The molecule has 1 amide bonds. The summed E-state index contributed by atoms with van der Waals surface area (Å²) in [6, 6.07) is 16.9. The van der Waals surface area contributed by atoms with E-state index in [4.69, 9.17) is 4.98 Å². The minimum Gasteiger partial charge on any atom is -0.301 e. The monoisotopic (exact) mass is 442 g/mol. The third-order valence-corrected chi connectivity index (χ3v) is 9.20. The highest BCUT2D eigenvalue weighted by Gasteiger charge is 2.54. The van der Waals surface area contributed by atoms with Crippen molar-refractivity contribution >= 4 is 22.4 Å². The SMILES string of the molecule is Cc1ccc(-c2sc(NC(=O)C34CC5CC(CC(C5)C3)C4)nc2-c2ccccc2)cc1C. The molecule has 0 saturated heterocycles. The molecule has 3 aromatic rings. The Labute approximate surface area is 194 Å². The van der Waals surface area contributed by atoms with Gasteiger partial charge in [0.05, 0.1) is 16.0 Å². The quantitative estimate of drug-likeness (QED) is 0.462. The normalized spacial score (nSPS) is 28.1. The number of aromatic nitrogens is 1. The lowest BCUT2D eigenvalue weighted by molar-refractivity contribution is -0.140. The molecule has 4 fully saturated rings. The third-order valence-electron chi connectivity index (χ3n) is 8.18. The molecule has 1 heterocycles. The lowest BCUT2D eigenvalue weighted by atomic mass is 9.49. The first kappa shape index (κ1) is 20.2. The summed E-state index contributed by atoms with van der Waals surface area (Å²) in [6.07, 6.45) is 7.26. The zero-order valence-electron chi connectivity index (χ0n) is 18.9. The van der Waals surface area contributed by atoms with Crippen molar-refractivity contribution in [3.63, 3.8) is 0 Å². The van der Waals surface area contributed by atoms with Crippen LogP contribution in [0, 0.1) is 37.0 Å². The molecule has 4 saturated carbocycles. The molecule has 0 unspecified atom stereocenters. The predicted molar refractivity (Wildman–Crippen MR) is 132 cm³/mol. The number of hydrogen-bond acceptors (Lipinski definition) is 3. The molecular weight excluding hydrogens is 412 g/mol. The van der Waals surface area contributed by atoms with Crippen molar-refractivity contribution in [2.75, 3.05) is 5.32 Å². The Morgan fingerprint density at radius 3 is 2.19 bits per heavy atom. The van der Waals surface area contributed by atoms with Gasteiger partial charge in [0, 0.05) is 5.56 Å². The summed E-state index contributed by atoms with van der Waals surface area (Å²) in [7, 11) is 0. The predicted octanol–water partition coefficient (Wildman–Crippen LogP) is 7.25. The fourth-order valence-corrected chi connectivity index (χ4v) is 7.84. The Hall–Kier alpha value is -2.46. The van der Waals surface area contributed by atoms with Gasteiger partial charge in [-0.05, 0) is 86.8 Å². The standard InChI is InChI=1S/C28H30N2OS/c1-17-8-9-23(10-18(17)2)25-24(22-6-4-3-5-7-22)29-27(32-25)30-26(31)28-14-19-11-20(15-28)13-21(12-19)16-28/h3-10,19-21H,11-16H2,1-2H3,(H,29,30,31). The summed E-state index contributed by atoms with van der Waals surface area (Å²) in [5, 5.41) is 4.03. The van der Waals surface area contributed by atoms with Crippen LogP contribution in [0.1, 0.15) is 49.7 Å². The Kier molecular flexibility index (Phi) is 4.76. The minimum atomic E-state index is -0.159. The molecule has 0 aliphatic heterocycles. The second kappa shape index (κ2) is 7.55. The van der Waals surface area contributed by atoms with Gasteiger partial charge in [0.1, 0.15) is 0 Å². The summed E-state index contributed by atoms with van der Waals surface area (Å²) < 4.78 is 0. The van der Waals surface area contributed by atoms with E-state index in [1.165, 1.54) is 36.0 Å². The first-order valence-corrected chi connectivity index (χ1v) is 12.8. The van der Waals surface area contributed by atoms with Crippen molar-refractivity contribution in [1.82, 2.24) is 4.98 Å². The molecule has 32 heavy (non-hydrogen) atoms. The van der Waals surface area contributed by atoms with E-state index < -0.39 is 0 Å². The maximum absolute atomic E-state index is 13.6. The fraction of sp³-hybridized carbons (Fsp3) is 0.429. The van der Waals surface area contributed by atoms with Gasteiger partial charge >= 0.3 is 0 Å². The maximum atomic E-state index is 13.6. The van der Waals surface area contributed by atoms with Gasteiger partial charge in [-0.1, -0.05) is 59.9 Å². The first-order valence-electron chi connectivity index (χ1n) is 11.9. The molecule has 4 bridgehead atoms. The number of aryl methyl sites for hydroxylation is 2. The molecule has 1 aromatic heterocycles. The van der Waals surface area contributed by atoms with Crippen LogP contribution >= 0.6 is 11.3 Å². The number of nitrogens with zero attached hydrogens (tertiary/aromatic N) is 1. The zero-order chi connectivity index (χ0) is 21.9. The summed E-state index contributed by atoms with van der Waals surface area (Å²) in [4.78, 5) is 19.7. The van der Waals surface area contributed by atoms with E-state index >= 15 is 0 Å². The van der Waals surface area contributed by atoms with Crippen molar-refractivity contribution in [3.05, 3.63) is 59.7 Å². The van der Waals surface area contributed by atoms with Gasteiger partial charge in [-0.2, -0.15) is 0 Å². The fourth-order valence-electron chi connectivity index (χ4n) is 6.86. The molecule has 4 aliphatic carbocycles. The van der Waals surface area contributed by atoms with Crippen LogP contribution in [-0.2, 0) is 4.79 Å². The molecule has 4 aliphatic rings. The molecule has 164 valence electrons. The highest BCUT2D eigenvalue weighted by molar-refractivity contribution is 7.19. The molecule has 3 nitrogen and oxygen atoms in total. The van der Waals surface area contributed by atoms with Crippen LogP contribution in [0.5, 0.6) is 0 Å². The van der Waals surface area contributed by atoms with E-state index in [-0.39, 0.29) is 11.3 Å². The van der Waals surface area contributed by atoms with Gasteiger partial charge in [-0.15, -0.1) is 0 Å². The number of thiazole rings is 1. The topological polar surface area (TPSA) is 42.0 Å². The highest BCUT2D eigenvalue weighted by atomic mass is 32.1. The van der Waals surface area contributed by atoms with Crippen LogP contribution in [0.25, 0.3) is 21.7 Å². The van der Waals surface area contributed by atoms with Crippen LogP contribution in [0.15, 0.2) is 48.5 Å². The van der Waals surface area contributed by atoms with Crippen LogP contribution in [0.4, 0.5) is 5.13 Å². The van der Waals surface area contributed by atoms with E-state index in [2.05, 4.69) is 49.5 Å². The van der Waals surface area contributed by atoms with Crippen LogP contribution in [-0.4, -0.2) is 10.9 Å². The van der Waals surface area contributed by atoms with E-state index in [0.717, 1.165) is 58.3 Å². The smallest absolute Gasteiger partial charge is 0.232 e. The first-order chi connectivity index (χ1) is 15.5. The summed E-state index contributed by atoms with van der Waals surface area (Å²) >= 11 is 1.61. The molecule has 1 N–H and O–H groups in total. The van der Waals surface area contributed by atoms with E-state index in [9.17, 15) is 4.79 Å². The van der Waals surface area contributed by atoms with Gasteiger partial charge in [0.2, 0.25) is 5.91 Å². The summed E-state index contributed by atoms with van der Waals surface area (Å²) in [5.41, 5.74) is 5.61. The van der Waals surface area contributed by atoms with Crippen molar-refractivity contribution in [2.45, 2.75) is 52.4 Å². The summed E-state index contributed by atoms with van der Waals surface area (Å²) in [5.74, 6) is 2.49. The largest absolute Gasteiger partial charge is 0.301 e. The molecule has 0 atom stereocenters. The van der Waals surface area contributed by atoms with Crippen molar-refractivity contribution in [1.29, 1.82) is 0 Å². The number of amides is 1. The Morgan fingerprint density at radius 2 is 1.56 bits per heavy atom. The van der Waals surface area contributed by atoms with Gasteiger partial charge in [0.25, 0.3) is 0 Å². The van der Waals surface area contributed by atoms with Crippen molar-refractivity contribution in [3.8, 4) is 21.7 Å². The third kappa shape index (κ3) is 3.40. The zero-order valence-corrected chi connectivity index (χ0v) is 19.7. The summed E-state index contributed by atoms with van der Waals surface area (Å²) in [6.45, 7) is 4.29. The van der Waals surface area contributed by atoms with Crippen molar-refractivity contribution < 1.29 is 4.79 Å². The Balaban J connectivity index is 1.35. The Bertz CT molecular complexity index is 1140. The van der Waals surface area contributed by atoms with Crippen LogP contribution < -0.4 is 5.32 Å². The number of hydrogen-bond donors (Lipinski definition) is 1. The molecule has 4 heteroatoms. The molecule has 7 rings (SSSR count). The highest BCUT2D eigenvalue weighted by Crippen LogP contribution is 2.60. The van der Waals surface area contributed by atoms with Crippen LogP contribution in [0.2, 0.25) is 0 Å². The molecule has 2 aromatic carbocycles. The minimum absolute atomic E-state index is 0.159. The van der Waals surface area contributed by atoms with E-state index in [0.29, 0.717) is 0 Å². The van der Waals surface area contributed by atoms with Gasteiger partial charge in [0.15, 0.2) is 5.13 Å². The average Bonchev–Trinajstić information content (AvgIpc) is 3.19. The number of rotatable bonds is 4. The van der Waals surface area contributed by atoms with E-state index in [1.807, 2.05) is 18.2 Å². The van der Waals surface area contributed by atoms with Gasteiger partial charge in [-0.25, -0.2) is 4.98 Å². The van der Waals surface area contributed by atoms with Crippen LogP contribution in [0.3, 0.4) is 0 Å². The van der Waals surface area contributed by atoms with Gasteiger partial charge < -0.3 is 5.32 Å². The van der Waals surface area contributed by atoms with E-state index in [1.54, 1.807) is 11.3 Å². The number of carbonyl (C=O) groups is 1. The Morgan fingerprint density at radius 1 is 0.906 bits per heavy atom. The average molecular weight is 443 g/mol. The number of anilines is 1. The number of carbonyl (C=O) groups excluding carboxylic acids is 1. The molecular formula is C28H30N2OS.